The normalized spacial score (nSPS) is 25.8. The molecule has 1 fully saturated rings. The van der Waals surface area contributed by atoms with Gasteiger partial charge < -0.3 is 14.7 Å². The molecule has 1 amide bonds. The molecule has 0 aromatic carbocycles. The highest BCUT2D eigenvalue weighted by Gasteiger charge is 2.24. The zero-order valence-electron chi connectivity index (χ0n) is 5.99. The van der Waals surface area contributed by atoms with E-state index in [9.17, 15) is 4.79 Å². The molecule has 1 atom stereocenters. The van der Waals surface area contributed by atoms with Crippen molar-refractivity contribution in [3.05, 3.63) is 0 Å². The number of aliphatic hydroxyl groups excluding tert-OH is 1. The molecule has 1 aliphatic rings. The van der Waals surface area contributed by atoms with Crippen LogP contribution in [0.15, 0.2) is 0 Å². The van der Waals surface area contributed by atoms with Crippen molar-refractivity contribution in [1.29, 1.82) is 0 Å². The number of aliphatic hydroxyl groups is 1. The van der Waals surface area contributed by atoms with Crippen LogP contribution >= 0.6 is 22.6 Å². The van der Waals surface area contributed by atoms with Crippen LogP contribution in [0.25, 0.3) is 0 Å². The topological polar surface area (TPSA) is 49.8 Å². The van der Waals surface area contributed by atoms with E-state index in [1.54, 1.807) is 4.90 Å². The largest absolute Gasteiger partial charge is 0.394 e. The van der Waals surface area contributed by atoms with Crippen LogP contribution in [0, 0.1) is 0 Å². The number of ether oxygens (including phenoxy) is 1. The van der Waals surface area contributed by atoms with Gasteiger partial charge in [0.05, 0.1) is 17.3 Å². The van der Waals surface area contributed by atoms with Crippen molar-refractivity contribution in [3.63, 3.8) is 0 Å². The minimum Gasteiger partial charge on any atom is -0.394 e. The summed E-state index contributed by atoms with van der Waals surface area (Å²) in [5, 5.41) is 8.73. The van der Waals surface area contributed by atoms with Gasteiger partial charge in [-0.2, -0.15) is 0 Å². The number of alkyl halides is 1. The van der Waals surface area contributed by atoms with Gasteiger partial charge in [0.25, 0.3) is 0 Å². The summed E-state index contributed by atoms with van der Waals surface area (Å²) < 4.78 is 5.69. The van der Waals surface area contributed by atoms with Crippen LogP contribution in [0.2, 0.25) is 0 Å². The lowest BCUT2D eigenvalue weighted by Gasteiger charge is -2.30. The fraction of sp³-hybridized carbons (Fsp3) is 0.833. The summed E-state index contributed by atoms with van der Waals surface area (Å²) in [5.74, 6) is 0.00380. The van der Waals surface area contributed by atoms with E-state index in [0.717, 1.165) is 0 Å². The minimum atomic E-state index is -0.192. The van der Waals surface area contributed by atoms with Gasteiger partial charge in [-0.05, 0) is 0 Å². The molecule has 0 aromatic heterocycles. The van der Waals surface area contributed by atoms with E-state index < -0.39 is 0 Å². The second kappa shape index (κ2) is 4.22. The standard InChI is InChI=1S/C6H10INO3/c7-4-8-1-5(2-9)11-3-6(8)10/h5,9H,1-4H2/t5-/m1/s1. The molecule has 1 saturated heterocycles. The van der Waals surface area contributed by atoms with Gasteiger partial charge >= 0.3 is 0 Å². The van der Waals surface area contributed by atoms with Crippen LogP contribution in [0.1, 0.15) is 0 Å². The van der Waals surface area contributed by atoms with Gasteiger partial charge in [0, 0.05) is 6.54 Å². The Kier molecular flexibility index (Phi) is 3.53. The number of carbonyl (C=O) groups is 1. The summed E-state index contributed by atoms with van der Waals surface area (Å²) >= 11 is 2.12. The predicted molar refractivity (Wildman–Crippen MR) is 47.4 cm³/mol. The maximum Gasteiger partial charge on any atom is 0.249 e. The van der Waals surface area contributed by atoms with Gasteiger partial charge in [-0.3, -0.25) is 4.79 Å². The third-order valence-electron chi connectivity index (χ3n) is 1.57. The highest BCUT2D eigenvalue weighted by Crippen LogP contribution is 2.07. The van der Waals surface area contributed by atoms with Gasteiger partial charge in [-0.15, -0.1) is 0 Å². The number of nitrogens with zero attached hydrogens (tertiary/aromatic N) is 1. The monoisotopic (exact) mass is 271 g/mol. The number of rotatable bonds is 2. The predicted octanol–water partition coefficient (Wildman–Crippen LogP) is -0.401. The smallest absolute Gasteiger partial charge is 0.249 e. The fourth-order valence-electron chi connectivity index (χ4n) is 0.907. The Morgan fingerprint density at radius 2 is 2.55 bits per heavy atom. The molecule has 11 heavy (non-hydrogen) atoms. The van der Waals surface area contributed by atoms with Crippen LogP contribution in [0.4, 0.5) is 0 Å². The van der Waals surface area contributed by atoms with Crippen molar-refractivity contribution in [2.24, 2.45) is 0 Å². The number of hydrogen-bond donors (Lipinski definition) is 1. The quantitative estimate of drug-likeness (QED) is 0.422. The fourth-order valence-corrected chi connectivity index (χ4v) is 1.57. The summed E-state index contributed by atoms with van der Waals surface area (Å²) in [6.07, 6.45) is -0.192. The van der Waals surface area contributed by atoms with E-state index in [2.05, 4.69) is 22.6 Å². The Morgan fingerprint density at radius 1 is 1.82 bits per heavy atom. The minimum absolute atomic E-state index is 0.00380. The summed E-state index contributed by atoms with van der Waals surface area (Å²) in [5.41, 5.74) is 0. The van der Waals surface area contributed by atoms with Gasteiger partial charge in [0.1, 0.15) is 6.61 Å². The average Bonchev–Trinajstić information content (AvgIpc) is 2.05. The molecule has 0 radical (unpaired) electrons. The number of amides is 1. The summed E-state index contributed by atoms with van der Waals surface area (Å²) in [6.45, 7) is 0.604. The van der Waals surface area contributed by atoms with Crippen molar-refractivity contribution in [2.45, 2.75) is 6.10 Å². The van der Waals surface area contributed by atoms with E-state index in [-0.39, 0.29) is 25.2 Å². The zero-order valence-corrected chi connectivity index (χ0v) is 8.15. The lowest BCUT2D eigenvalue weighted by Crippen LogP contribution is -2.47. The molecule has 0 saturated carbocycles. The van der Waals surface area contributed by atoms with Crippen LogP contribution in [0.3, 0.4) is 0 Å². The van der Waals surface area contributed by atoms with Crippen molar-refractivity contribution >= 4 is 28.5 Å². The summed E-state index contributed by atoms with van der Waals surface area (Å²) in [4.78, 5) is 12.7. The zero-order chi connectivity index (χ0) is 8.27. The first-order valence-electron chi connectivity index (χ1n) is 3.34. The first-order valence-corrected chi connectivity index (χ1v) is 4.86. The van der Waals surface area contributed by atoms with Crippen molar-refractivity contribution in [1.82, 2.24) is 4.90 Å². The Morgan fingerprint density at radius 3 is 3.09 bits per heavy atom. The van der Waals surface area contributed by atoms with Crippen LogP contribution in [-0.2, 0) is 9.53 Å². The molecule has 4 nitrogen and oxygen atoms in total. The highest BCUT2D eigenvalue weighted by atomic mass is 127. The van der Waals surface area contributed by atoms with Gasteiger partial charge in [0.2, 0.25) is 5.91 Å². The van der Waals surface area contributed by atoms with E-state index in [1.165, 1.54) is 0 Å². The molecule has 1 heterocycles. The molecule has 0 unspecified atom stereocenters. The van der Waals surface area contributed by atoms with E-state index in [0.29, 0.717) is 11.1 Å². The Bertz CT molecular complexity index is 153. The number of halogens is 1. The van der Waals surface area contributed by atoms with Gasteiger partial charge in [-0.1, -0.05) is 22.6 Å². The molecule has 64 valence electrons. The molecule has 1 aliphatic heterocycles. The van der Waals surface area contributed by atoms with Crippen molar-refractivity contribution < 1.29 is 14.6 Å². The molecule has 0 aliphatic carbocycles. The second-order valence-electron chi connectivity index (χ2n) is 2.35. The molecule has 5 heteroatoms. The first-order chi connectivity index (χ1) is 5.27. The summed E-state index contributed by atoms with van der Waals surface area (Å²) in [6, 6.07) is 0. The highest BCUT2D eigenvalue weighted by molar-refractivity contribution is 14.1. The molecular formula is C6H10INO3. The Labute approximate surface area is 78.6 Å². The lowest BCUT2D eigenvalue weighted by molar-refractivity contribution is -0.149. The molecule has 1 rings (SSSR count). The maximum atomic E-state index is 11.0. The molecule has 0 aromatic rings. The first kappa shape index (κ1) is 9.21. The van der Waals surface area contributed by atoms with Gasteiger partial charge in [0.15, 0.2) is 0 Å². The number of carbonyl (C=O) groups excluding carboxylic acids is 1. The molecule has 0 bridgehead atoms. The van der Waals surface area contributed by atoms with Crippen LogP contribution in [-0.4, -0.2) is 46.3 Å². The number of hydrogen-bond acceptors (Lipinski definition) is 3. The van der Waals surface area contributed by atoms with E-state index >= 15 is 0 Å². The molecular weight excluding hydrogens is 261 g/mol. The average molecular weight is 271 g/mol. The van der Waals surface area contributed by atoms with Crippen LogP contribution < -0.4 is 0 Å². The molecule has 0 spiro atoms. The summed E-state index contributed by atoms with van der Waals surface area (Å²) in [7, 11) is 0. The van der Waals surface area contributed by atoms with Crippen molar-refractivity contribution in [3.8, 4) is 0 Å². The van der Waals surface area contributed by atoms with Crippen LogP contribution in [0.5, 0.6) is 0 Å². The Balaban J connectivity index is 2.44. The third-order valence-corrected chi connectivity index (χ3v) is 2.39. The van der Waals surface area contributed by atoms with Crippen molar-refractivity contribution in [2.75, 3.05) is 24.3 Å². The molecule has 1 N–H and O–H groups in total. The Hall–Kier alpha value is 0.120. The second-order valence-corrected chi connectivity index (χ2v) is 3.03. The third kappa shape index (κ3) is 2.28. The SMILES string of the molecule is O=C1CO[C@@H](CO)CN1CI. The maximum absolute atomic E-state index is 11.0. The number of morpholine rings is 1. The van der Waals surface area contributed by atoms with E-state index in [4.69, 9.17) is 9.84 Å². The lowest BCUT2D eigenvalue weighted by atomic mass is 10.3. The van der Waals surface area contributed by atoms with Gasteiger partial charge in [-0.25, -0.2) is 0 Å². The van der Waals surface area contributed by atoms with E-state index in [1.807, 2.05) is 0 Å².